The van der Waals surface area contributed by atoms with Gasteiger partial charge in [0.1, 0.15) is 13.3 Å². The second-order valence-electron chi connectivity index (χ2n) is 6.86. The Morgan fingerprint density at radius 1 is 1.27 bits per heavy atom. The van der Waals surface area contributed by atoms with Crippen molar-refractivity contribution in [2.24, 2.45) is 0 Å². The van der Waals surface area contributed by atoms with Crippen LogP contribution in [0.15, 0.2) is 30.5 Å². The molecule has 2 aromatic rings. The van der Waals surface area contributed by atoms with Crippen LogP contribution in [0, 0.1) is 0 Å². The van der Waals surface area contributed by atoms with Gasteiger partial charge in [0, 0.05) is 36.5 Å². The second kappa shape index (κ2) is 10.8. The molecule has 1 unspecified atom stereocenters. The smallest absolute Gasteiger partial charge is 0.466 e. The normalized spacial score (nSPS) is 16.0. The maximum atomic E-state index is 11.9. The predicted molar refractivity (Wildman–Crippen MR) is 116 cm³/mol. The van der Waals surface area contributed by atoms with Crippen molar-refractivity contribution in [2.75, 3.05) is 6.73 Å². The zero-order valence-electron chi connectivity index (χ0n) is 17.0. The molecule has 33 heavy (non-hydrogen) atoms. The van der Waals surface area contributed by atoms with Gasteiger partial charge < -0.3 is 35.1 Å². The minimum Gasteiger partial charge on any atom is -0.466 e. The SMILES string of the molecule is O=C(NCc1ccc2ncc(COC(=S)NCOP(=O)(O)O)cc2c1)ON1C(=O)CCC1O. The van der Waals surface area contributed by atoms with Crippen molar-refractivity contribution in [3.05, 3.63) is 41.6 Å². The third-order valence-electron chi connectivity index (χ3n) is 4.37. The topological polar surface area (TPSA) is 180 Å². The van der Waals surface area contributed by atoms with Gasteiger partial charge in [0.15, 0.2) is 6.23 Å². The molecule has 0 radical (unpaired) electrons. The zero-order valence-corrected chi connectivity index (χ0v) is 18.8. The van der Waals surface area contributed by atoms with Gasteiger partial charge >= 0.3 is 13.9 Å². The third-order valence-corrected chi connectivity index (χ3v) is 5.10. The van der Waals surface area contributed by atoms with Gasteiger partial charge in [-0.05, 0) is 36.0 Å². The first-order valence-electron chi connectivity index (χ1n) is 9.55. The first kappa shape index (κ1) is 24.8. The van der Waals surface area contributed by atoms with Gasteiger partial charge in [-0.25, -0.2) is 9.36 Å². The van der Waals surface area contributed by atoms with Gasteiger partial charge in [0.2, 0.25) is 0 Å². The lowest BCUT2D eigenvalue weighted by atomic mass is 10.1. The Labute approximate surface area is 192 Å². The number of carbonyl (C=O) groups excluding carboxylic acids is 2. The fourth-order valence-electron chi connectivity index (χ4n) is 2.84. The standard InChI is InChI=1S/C18H21N4O9PS/c23-15-3-4-16(24)22(15)31-17(25)20-7-11-1-2-14-13(5-11)6-12(8-19-14)9-29-18(33)21-10-30-32(26,27)28/h1-2,5-6,8,15,23H,3-4,7,9-10H2,(H,20,25)(H,21,33)(H2,26,27,28). The number of hydrogen-bond donors (Lipinski definition) is 5. The van der Waals surface area contributed by atoms with Crippen LogP contribution in [-0.4, -0.2) is 55.1 Å². The average Bonchev–Trinajstić information content (AvgIpc) is 3.07. The summed E-state index contributed by atoms with van der Waals surface area (Å²) in [4.78, 5) is 49.9. The highest BCUT2D eigenvalue weighted by atomic mass is 32.1. The van der Waals surface area contributed by atoms with Crippen LogP contribution in [0.2, 0.25) is 0 Å². The van der Waals surface area contributed by atoms with Crippen molar-refractivity contribution in [3.8, 4) is 0 Å². The van der Waals surface area contributed by atoms with E-state index in [1.807, 2.05) is 0 Å². The van der Waals surface area contributed by atoms with Crippen molar-refractivity contribution in [2.45, 2.75) is 32.2 Å². The van der Waals surface area contributed by atoms with Crippen molar-refractivity contribution in [1.82, 2.24) is 20.7 Å². The molecule has 1 saturated heterocycles. The molecule has 178 valence electrons. The maximum Gasteiger partial charge on any atom is 0.471 e. The van der Waals surface area contributed by atoms with E-state index in [-0.39, 0.29) is 31.2 Å². The Kier molecular flexibility index (Phi) is 8.13. The lowest BCUT2D eigenvalue weighted by Crippen LogP contribution is -2.38. The Morgan fingerprint density at radius 3 is 2.73 bits per heavy atom. The number of aliphatic hydroxyl groups is 1. The molecule has 1 aliphatic heterocycles. The second-order valence-corrected chi connectivity index (χ2v) is 8.47. The molecule has 0 saturated carbocycles. The van der Waals surface area contributed by atoms with Crippen molar-refractivity contribution in [3.63, 3.8) is 0 Å². The zero-order chi connectivity index (χ0) is 24.0. The minimum absolute atomic E-state index is 0.0473. The monoisotopic (exact) mass is 500 g/mol. The highest BCUT2D eigenvalue weighted by molar-refractivity contribution is 7.80. The number of nitrogens with zero attached hydrogens (tertiary/aromatic N) is 2. The summed E-state index contributed by atoms with van der Waals surface area (Å²) in [5.41, 5.74) is 2.11. The van der Waals surface area contributed by atoms with E-state index >= 15 is 0 Å². The highest BCUT2D eigenvalue weighted by Crippen LogP contribution is 2.34. The highest BCUT2D eigenvalue weighted by Gasteiger charge is 2.32. The predicted octanol–water partition coefficient (Wildman–Crippen LogP) is 0.775. The van der Waals surface area contributed by atoms with E-state index in [0.717, 1.165) is 10.9 Å². The number of pyridine rings is 1. The number of fused-ring (bicyclic) bond motifs is 1. The van der Waals surface area contributed by atoms with Crippen LogP contribution in [0.4, 0.5) is 4.79 Å². The summed E-state index contributed by atoms with van der Waals surface area (Å²) in [5, 5.41) is 15.8. The molecule has 1 fully saturated rings. The van der Waals surface area contributed by atoms with Crippen LogP contribution < -0.4 is 10.6 Å². The van der Waals surface area contributed by atoms with Gasteiger partial charge in [-0.1, -0.05) is 6.07 Å². The van der Waals surface area contributed by atoms with Gasteiger partial charge in [-0.2, -0.15) is 0 Å². The lowest BCUT2D eigenvalue weighted by Gasteiger charge is -2.18. The maximum absolute atomic E-state index is 11.9. The Hall–Kier alpha value is -2.87. The number of phosphoric ester groups is 1. The molecule has 2 amide bonds. The fourth-order valence-corrected chi connectivity index (χ4v) is 3.20. The van der Waals surface area contributed by atoms with E-state index in [2.05, 4.69) is 20.1 Å². The Morgan fingerprint density at radius 2 is 2.03 bits per heavy atom. The fraction of sp³-hybridized carbons (Fsp3) is 0.333. The number of aromatic nitrogens is 1. The Bertz CT molecular complexity index is 1100. The molecule has 5 N–H and O–H groups in total. The van der Waals surface area contributed by atoms with Crippen LogP contribution in [-0.2, 0) is 36.6 Å². The van der Waals surface area contributed by atoms with E-state index < -0.39 is 32.8 Å². The van der Waals surface area contributed by atoms with Crippen LogP contribution >= 0.6 is 20.0 Å². The van der Waals surface area contributed by atoms with E-state index in [1.165, 1.54) is 0 Å². The summed E-state index contributed by atoms with van der Waals surface area (Å²) in [6.45, 7) is -0.352. The number of benzene rings is 1. The van der Waals surface area contributed by atoms with Crippen molar-refractivity contribution in [1.29, 1.82) is 0 Å². The van der Waals surface area contributed by atoms with E-state index in [0.29, 0.717) is 16.1 Å². The molecule has 0 bridgehead atoms. The molecule has 2 heterocycles. The number of thiocarbonyl (C=S) groups is 1. The molecule has 1 atom stereocenters. The summed E-state index contributed by atoms with van der Waals surface area (Å²) in [7, 11) is -4.61. The quantitative estimate of drug-likeness (QED) is 0.196. The van der Waals surface area contributed by atoms with Gasteiger partial charge in [0.25, 0.3) is 11.1 Å². The first-order valence-corrected chi connectivity index (χ1v) is 11.5. The van der Waals surface area contributed by atoms with E-state index in [1.54, 1.807) is 30.5 Å². The summed E-state index contributed by atoms with van der Waals surface area (Å²) in [6.07, 6.45) is -0.103. The lowest BCUT2D eigenvalue weighted by molar-refractivity contribution is -0.189. The summed E-state index contributed by atoms with van der Waals surface area (Å²) in [6, 6.07) is 7.13. The molecule has 13 nitrogen and oxygen atoms in total. The van der Waals surface area contributed by atoms with Gasteiger partial charge in [0.05, 0.1) is 5.52 Å². The summed E-state index contributed by atoms with van der Waals surface area (Å²) >= 11 is 4.90. The summed E-state index contributed by atoms with van der Waals surface area (Å²) in [5.74, 6) is -0.465. The largest absolute Gasteiger partial charge is 0.471 e. The molecule has 1 aliphatic rings. The van der Waals surface area contributed by atoms with Crippen molar-refractivity contribution >= 4 is 48.1 Å². The number of aliphatic hydroxyl groups excluding tert-OH is 1. The molecular formula is C18H21N4O9PS. The number of phosphoric acid groups is 1. The molecular weight excluding hydrogens is 479 g/mol. The van der Waals surface area contributed by atoms with Crippen LogP contribution in [0.1, 0.15) is 24.0 Å². The molecule has 15 heteroatoms. The minimum atomic E-state index is -4.61. The molecule has 3 rings (SSSR count). The number of hydroxylamine groups is 2. The molecule has 0 aliphatic carbocycles. The first-order chi connectivity index (χ1) is 15.6. The third kappa shape index (κ3) is 7.60. The van der Waals surface area contributed by atoms with Crippen LogP contribution in [0.3, 0.4) is 0 Å². The number of hydrogen-bond acceptors (Lipinski definition) is 9. The summed E-state index contributed by atoms with van der Waals surface area (Å²) < 4.78 is 20.1. The molecule has 1 aromatic carbocycles. The van der Waals surface area contributed by atoms with Gasteiger partial charge in [-0.3, -0.25) is 14.3 Å². The molecule has 1 aromatic heterocycles. The van der Waals surface area contributed by atoms with Crippen LogP contribution in [0.25, 0.3) is 10.9 Å². The van der Waals surface area contributed by atoms with E-state index in [9.17, 15) is 19.3 Å². The number of amides is 2. The van der Waals surface area contributed by atoms with Crippen molar-refractivity contribution < 1.29 is 43.1 Å². The van der Waals surface area contributed by atoms with E-state index in [4.69, 9.17) is 31.6 Å². The number of rotatable bonds is 8. The average molecular weight is 500 g/mol. The number of nitrogens with one attached hydrogen (secondary N) is 2. The molecule has 0 spiro atoms. The number of ether oxygens (including phenoxy) is 1. The number of carbonyl (C=O) groups is 2. The Balaban J connectivity index is 1.52. The van der Waals surface area contributed by atoms with Gasteiger partial charge in [-0.15, -0.1) is 5.06 Å². The van der Waals surface area contributed by atoms with Crippen LogP contribution in [0.5, 0.6) is 0 Å².